The van der Waals surface area contributed by atoms with Crippen LogP contribution in [-0.4, -0.2) is 12.6 Å². The van der Waals surface area contributed by atoms with Gasteiger partial charge in [0, 0.05) is 6.04 Å². The highest BCUT2D eigenvalue weighted by Crippen LogP contribution is 2.50. The molecule has 4 unspecified atom stereocenters. The van der Waals surface area contributed by atoms with E-state index in [-0.39, 0.29) is 0 Å². The van der Waals surface area contributed by atoms with Gasteiger partial charge in [0.05, 0.1) is 0 Å². The van der Waals surface area contributed by atoms with Gasteiger partial charge in [-0.05, 0) is 55.9 Å². The molecule has 0 aromatic heterocycles. The van der Waals surface area contributed by atoms with Crippen LogP contribution in [0.5, 0.6) is 0 Å². The minimum absolute atomic E-state index is 0.654. The van der Waals surface area contributed by atoms with E-state index in [1.165, 1.54) is 44.9 Å². The second-order valence-corrected chi connectivity index (χ2v) is 6.62. The molecule has 1 heteroatoms. The van der Waals surface area contributed by atoms with E-state index in [0.29, 0.717) is 5.41 Å². The van der Waals surface area contributed by atoms with Gasteiger partial charge >= 0.3 is 0 Å². The van der Waals surface area contributed by atoms with Crippen LogP contribution in [0.3, 0.4) is 0 Å². The summed E-state index contributed by atoms with van der Waals surface area (Å²) in [6.45, 7) is 8.39. The largest absolute Gasteiger partial charge is 0.314 e. The molecule has 2 aliphatic carbocycles. The third-order valence-electron chi connectivity index (χ3n) is 5.19. The molecule has 0 saturated heterocycles. The van der Waals surface area contributed by atoms with Crippen LogP contribution < -0.4 is 5.32 Å². The number of hydrogen-bond donors (Lipinski definition) is 1. The molecule has 0 aromatic carbocycles. The summed E-state index contributed by atoms with van der Waals surface area (Å²) in [6.07, 6.45) is 10.3. The van der Waals surface area contributed by atoms with Crippen LogP contribution in [0, 0.1) is 17.3 Å². The third kappa shape index (κ3) is 2.61. The topological polar surface area (TPSA) is 12.0 Å². The molecule has 1 N–H and O–H groups in total. The van der Waals surface area contributed by atoms with Gasteiger partial charge in [0.25, 0.3) is 0 Å². The van der Waals surface area contributed by atoms with E-state index >= 15 is 0 Å². The zero-order valence-electron chi connectivity index (χ0n) is 11.4. The molecule has 4 atom stereocenters. The van der Waals surface area contributed by atoms with Crippen molar-refractivity contribution in [1.29, 1.82) is 0 Å². The van der Waals surface area contributed by atoms with Crippen molar-refractivity contribution < 1.29 is 0 Å². The first-order valence-corrected chi connectivity index (χ1v) is 7.37. The molecule has 2 aliphatic rings. The molecule has 0 aliphatic heterocycles. The van der Waals surface area contributed by atoms with Crippen molar-refractivity contribution in [2.24, 2.45) is 17.3 Å². The van der Waals surface area contributed by atoms with Crippen LogP contribution in [-0.2, 0) is 0 Å². The molecule has 1 nitrogen and oxygen atoms in total. The van der Waals surface area contributed by atoms with Crippen molar-refractivity contribution in [3.8, 4) is 0 Å². The summed E-state index contributed by atoms with van der Waals surface area (Å²) in [5.41, 5.74) is 0.654. The molecule has 94 valence electrons. The van der Waals surface area contributed by atoms with Crippen LogP contribution in [0.1, 0.15) is 65.7 Å². The average molecular weight is 223 g/mol. The molecule has 0 spiro atoms. The second-order valence-electron chi connectivity index (χ2n) is 6.62. The van der Waals surface area contributed by atoms with E-state index in [9.17, 15) is 0 Å². The average Bonchev–Trinajstić information content (AvgIpc) is 2.62. The number of rotatable bonds is 3. The van der Waals surface area contributed by atoms with Crippen LogP contribution in [0.25, 0.3) is 0 Å². The maximum atomic E-state index is 3.65. The Hall–Kier alpha value is -0.0400. The van der Waals surface area contributed by atoms with Gasteiger partial charge in [-0.15, -0.1) is 0 Å². The first-order chi connectivity index (χ1) is 7.64. The summed E-state index contributed by atoms with van der Waals surface area (Å²) < 4.78 is 0. The van der Waals surface area contributed by atoms with Crippen LogP contribution >= 0.6 is 0 Å². The Balaban J connectivity index is 1.92. The molecule has 0 aromatic rings. The number of nitrogens with one attached hydrogen (secondary N) is 1. The second kappa shape index (κ2) is 5.08. The molecule has 2 fully saturated rings. The predicted octanol–water partition coefficient (Wildman–Crippen LogP) is 3.98. The fourth-order valence-corrected chi connectivity index (χ4v) is 4.17. The summed E-state index contributed by atoms with van der Waals surface area (Å²) in [7, 11) is 0. The number of hydrogen-bond acceptors (Lipinski definition) is 1. The molecular weight excluding hydrogens is 194 g/mol. The monoisotopic (exact) mass is 223 g/mol. The lowest BCUT2D eigenvalue weighted by Gasteiger charge is -2.39. The molecule has 2 rings (SSSR count). The minimum Gasteiger partial charge on any atom is -0.314 e. The van der Waals surface area contributed by atoms with Gasteiger partial charge in [-0.2, -0.15) is 0 Å². The molecule has 0 amide bonds. The lowest BCUT2D eigenvalue weighted by Crippen LogP contribution is -2.32. The van der Waals surface area contributed by atoms with Gasteiger partial charge in [0.15, 0.2) is 0 Å². The first kappa shape index (κ1) is 12.4. The molecular formula is C15H29N. The Kier molecular flexibility index (Phi) is 3.94. The summed E-state index contributed by atoms with van der Waals surface area (Å²) in [4.78, 5) is 0. The van der Waals surface area contributed by atoms with E-state index in [1.807, 2.05) is 0 Å². The molecule has 0 bridgehead atoms. The van der Waals surface area contributed by atoms with Gasteiger partial charge in [-0.1, -0.05) is 33.6 Å². The molecule has 0 heterocycles. The normalized spacial score (nSPS) is 44.8. The standard InChI is InChI=1S/C15H29N/c1-4-16-14-8-9-15(3,11-14)13-7-5-6-12(2)10-13/h12-14,16H,4-11H2,1-3H3. The van der Waals surface area contributed by atoms with E-state index in [1.54, 1.807) is 0 Å². The van der Waals surface area contributed by atoms with Gasteiger partial charge < -0.3 is 5.32 Å². The summed E-state index contributed by atoms with van der Waals surface area (Å²) in [5.74, 6) is 1.99. The zero-order chi connectivity index (χ0) is 11.6. The highest BCUT2D eigenvalue weighted by molar-refractivity contribution is 4.95. The van der Waals surface area contributed by atoms with Crippen LogP contribution in [0.15, 0.2) is 0 Å². The zero-order valence-corrected chi connectivity index (χ0v) is 11.4. The highest BCUT2D eigenvalue weighted by atomic mass is 14.9. The Labute approximate surface area is 101 Å². The van der Waals surface area contributed by atoms with Crippen molar-refractivity contribution in [1.82, 2.24) is 5.32 Å². The Bertz CT molecular complexity index is 225. The SMILES string of the molecule is CCNC1CCC(C)(C2CCCC(C)C2)C1. The highest BCUT2D eigenvalue weighted by Gasteiger charge is 2.41. The van der Waals surface area contributed by atoms with Crippen molar-refractivity contribution in [3.05, 3.63) is 0 Å². The van der Waals surface area contributed by atoms with Gasteiger partial charge in [0.1, 0.15) is 0 Å². The van der Waals surface area contributed by atoms with Crippen molar-refractivity contribution in [3.63, 3.8) is 0 Å². The van der Waals surface area contributed by atoms with Crippen molar-refractivity contribution in [2.75, 3.05) is 6.54 Å². The molecule has 0 radical (unpaired) electrons. The van der Waals surface area contributed by atoms with Gasteiger partial charge in [-0.25, -0.2) is 0 Å². The minimum atomic E-state index is 0.654. The van der Waals surface area contributed by atoms with Crippen molar-refractivity contribution in [2.45, 2.75) is 71.8 Å². The van der Waals surface area contributed by atoms with Crippen LogP contribution in [0.2, 0.25) is 0 Å². The van der Waals surface area contributed by atoms with E-state index in [0.717, 1.165) is 24.4 Å². The predicted molar refractivity (Wildman–Crippen MR) is 70.5 cm³/mol. The Morgan fingerprint density at radius 1 is 1.25 bits per heavy atom. The first-order valence-electron chi connectivity index (χ1n) is 7.37. The summed E-state index contributed by atoms with van der Waals surface area (Å²) in [5, 5.41) is 3.65. The van der Waals surface area contributed by atoms with Gasteiger partial charge in [-0.3, -0.25) is 0 Å². The quantitative estimate of drug-likeness (QED) is 0.763. The van der Waals surface area contributed by atoms with E-state index < -0.39 is 0 Å². The Morgan fingerprint density at radius 3 is 2.75 bits per heavy atom. The third-order valence-corrected chi connectivity index (χ3v) is 5.19. The van der Waals surface area contributed by atoms with Crippen molar-refractivity contribution >= 4 is 0 Å². The maximum Gasteiger partial charge on any atom is 0.00724 e. The Morgan fingerprint density at radius 2 is 2.06 bits per heavy atom. The molecule has 16 heavy (non-hydrogen) atoms. The smallest absolute Gasteiger partial charge is 0.00724 e. The van der Waals surface area contributed by atoms with E-state index in [2.05, 4.69) is 26.1 Å². The van der Waals surface area contributed by atoms with Gasteiger partial charge in [0.2, 0.25) is 0 Å². The van der Waals surface area contributed by atoms with E-state index in [4.69, 9.17) is 0 Å². The summed E-state index contributed by atoms with van der Waals surface area (Å²) in [6, 6.07) is 0.812. The molecule has 2 saturated carbocycles. The fourth-order valence-electron chi connectivity index (χ4n) is 4.17. The maximum absolute atomic E-state index is 3.65. The summed E-state index contributed by atoms with van der Waals surface area (Å²) >= 11 is 0. The fraction of sp³-hybridized carbons (Fsp3) is 1.00. The van der Waals surface area contributed by atoms with Crippen LogP contribution in [0.4, 0.5) is 0 Å². The lowest BCUT2D eigenvalue weighted by molar-refractivity contribution is 0.116. The lowest BCUT2D eigenvalue weighted by atomic mass is 9.66.